The van der Waals surface area contributed by atoms with Gasteiger partial charge in [-0.25, -0.2) is 4.98 Å². The zero-order valence-corrected chi connectivity index (χ0v) is 15.0. The van der Waals surface area contributed by atoms with Gasteiger partial charge in [-0.3, -0.25) is 9.59 Å². The van der Waals surface area contributed by atoms with Crippen molar-refractivity contribution in [2.45, 2.75) is 26.9 Å². The largest absolute Gasteiger partial charge is 0.508 e. The lowest BCUT2D eigenvalue weighted by Gasteiger charge is -2.11. The van der Waals surface area contributed by atoms with E-state index in [1.165, 1.54) is 13.2 Å². The summed E-state index contributed by atoms with van der Waals surface area (Å²) in [7, 11) is 1.51. The van der Waals surface area contributed by atoms with Crippen molar-refractivity contribution in [2.24, 2.45) is 0 Å². The quantitative estimate of drug-likeness (QED) is 0.856. The van der Waals surface area contributed by atoms with Crippen LogP contribution in [-0.2, 0) is 13.1 Å². The fourth-order valence-electron chi connectivity index (χ4n) is 2.89. The minimum atomic E-state index is -0.329. The van der Waals surface area contributed by atoms with Crippen LogP contribution in [0.1, 0.15) is 44.5 Å². The number of aromatic nitrogens is 1. The third-order valence-corrected chi connectivity index (χ3v) is 4.48. The zero-order valence-electron chi connectivity index (χ0n) is 15.0. The van der Waals surface area contributed by atoms with E-state index in [0.717, 1.165) is 0 Å². The Balaban J connectivity index is 1.80. The number of aryl methyl sites for hydroxylation is 1. The molecule has 0 radical (unpaired) electrons. The second-order valence-electron chi connectivity index (χ2n) is 6.15. The summed E-state index contributed by atoms with van der Waals surface area (Å²) in [6.07, 6.45) is 0. The molecule has 7 nitrogen and oxygen atoms in total. The van der Waals surface area contributed by atoms with Crippen LogP contribution in [0.25, 0.3) is 0 Å². The Morgan fingerprint density at radius 3 is 2.81 bits per heavy atom. The van der Waals surface area contributed by atoms with Crippen molar-refractivity contribution in [1.82, 2.24) is 15.2 Å². The number of nitrogens with one attached hydrogen (secondary N) is 1. The number of methoxy groups -OCH3 is 1. The molecule has 0 fully saturated rings. The maximum absolute atomic E-state index is 12.3. The lowest BCUT2D eigenvalue weighted by atomic mass is 10.1. The molecule has 0 saturated heterocycles. The van der Waals surface area contributed by atoms with E-state index in [0.29, 0.717) is 46.9 Å². The standard InChI is InChI=1S/C19H21N3O4/c1-4-22-10-15-14(19(22)25)7-13(18(21-15)26-3)9-20-17(24)12-6-5-11(2)16(23)8-12/h5-8,23H,4,9-10H2,1-3H3,(H,20,24). The van der Waals surface area contributed by atoms with E-state index >= 15 is 0 Å². The Morgan fingerprint density at radius 1 is 1.38 bits per heavy atom. The van der Waals surface area contributed by atoms with Gasteiger partial charge in [0.05, 0.1) is 24.9 Å². The highest BCUT2D eigenvalue weighted by Gasteiger charge is 2.29. The Kier molecular flexibility index (Phi) is 4.79. The number of benzene rings is 1. The van der Waals surface area contributed by atoms with Gasteiger partial charge < -0.3 is 20.1 Å². The van der Waals surface area contributed by atoms with Gasteiger partial charge in [-0.05, 0) is 37.6 Å². The second-order valence-corrected chi connectivity index (χ2v) is 6.15. The summed E-state index contributed by atoms with van der Waals surface area (Å²) < 4.78 is 5.32. The number of phenols is 1. The molecule has 1 aromatic heterocycles. The summed E-state index contributed by atoms with van der Waals surface area (Å²) in [5.74, 6) is 0.0688. The highest BCUT2D eigenvalue weighted by atomic mass is 16.5. The molecular formula is C19H21N3O4. The number of aromatic hydroxyl groups is 1. The molecule has 2 N–H and O–H groups in total. The van der Waals surface area contributed by atoms with Crippen molar-refractivity contribution < 1.29 is 19.4 Å². The third kappa shape index (κ3) is 3.20. The molecule has 1 aromatic carbocycles. The SMILES string of the molecule is CCN1Cc2nc(OC)c(CNC(=O)c3ccc(C)c(O)c3)cc2C1=O. The molecule has 7 heteroatoms. The van der Waals surface area contributed by atoms with E-state index in [1.807, 2.05) is 6.92 Å². The summed E-state index contributed by atoms with van der Waals surface area (Å²) in [5, 5.41) is 12.5. The van der Waals surface area contributed by atoms with Gasteiger partial charge in [0, 0.05) is 24.2 Å². The minimum absolute atomic E-state index is 0.0614. The van der Waals surface area contributed by atoms with E-state index in [4.69, 9.17) is 4.74 Å². The smallest absolute Gasteiger partial charge is 0.256 e. The molecule has 0 saturated carbocycles. The monoisotopic (exact) mass is 355 g/mol. The predicted octanol–water partition coefficient (Wildman–Crippen LogP) is 2.01. The number of carbonyl (C=O) groups excluding carboxylic acids is 2. The molecule has 0 bridgehead atoms. The van der Waals surface area contributed by atoms with Crippen LogP contribution in [0.3, 0.4) is 0 Å². The Labute approximate surface area is 151 Å². The highest BCUT2D eigenvalue weighted by molar-refractivity contribution is 5.98. The first-order chi connectivity index (χ1) is 12.4. The third-order valence-electron chi connectivity index (χ3n) is 4.48. The first-order valence-electron chi connectivity index (χ1n) is 8.38. The number of phenolic OH excluding ortho intramolecular Hbond substituents is 1. The van der Waals surface area contributed by atoms with Gasteiger partial charge in [0.25, 0.3) is 11.8 Å². The minimum Gasteiger partial charge on any atom is -0.508 e. The molecule has 26 heavy (non-hydrogen) atoms. The van der Waals surface area contributed by atoms with Gasteiger partial charge >= 0.3 is 0 Å². The maximum atomic E-state index is 12.3. The topological polar surface area (TPSA) is 91.8 Å². The van der Waals surface area contributed by atoms with Crippen molar-refractivity contribution in [3.8, 4) is 11.6 Å². The number of hydrogen-bond acceptors (Lipinski definition) is 5. The van der Waals surface area contributed by atoms with E-state index in [9.17, 15) is 14.7 Å². The van der Waals surface area contributed by atoms with Gasteiger partial charge in [0.2, 0.25) is 5.88 Å². The Morgan fingerprint density at radius 2 is 2.15 bits per heavy atom. The molecule has 2 aromatic rings. The van der Waals surface area contributed by atoms with Gasteiger partial charge in [-0.1, -0.05) is 6.07 Å². The molecule has 0 atom stereocenters. The molecule has 0 aliphatic carbocycles. The van der Waals surface area contributed by atoms with Crippen molar-refractivity contribution >= 4 is 11.8 Å². The van der Waals surface area contributed by atoms with E-state index in [1.54, 1.807) is 30.0 Å². The number of fused-ring (bicyclic) bond motifs is 1. The average molecular weight is 355 g/mol. The summed E-state index contributed by atoms with van der Waals surface area (Å²) in [6, 6.07) is 6.47. The van der Waals surface area contributed by atoms with Gasteiger partial charge in [-0.15, -0.1) is 0 Å². The molecule has 2 heterocycles. The van der Waals surface area contributed by atoms with Crippen molar-refractivity contribution in [3.63, 3.8) is 0 Å². The van der Waals surface area contributed by atoms with Crippen LogP contribution in [0.2, 0.25) is 0 Å². The van der Waals surface area contributed by atoms with Gasteiger partial charge in [0.1, 0.15) is 5.75 Å². The van der Waals surface area contributed by atoms with E-state index in [2.05, 4.69) is 10.3 Å². The Hall–Kier alpha value is -3.09. The van der Waals surface area contributed by atoms with Crippen LogP contribution in [0.4, 0.5) is 0 Å². The molecule has 2 amide bonds. The van der Waals surface area contributed by atoms with Crippen LogP contribution in [0.15, 0.2) is 24.3 Å². The Bertz CT molecular complexity index is 879. The lowest BCUT2D eigenvalue weighted by Crippen LogP contribution is -2.24. The van der Waals surface area contributed by atoms with Crippen LogP contribution in [0.5, 0.6) is 11.6 Å². The molecule has 0 unspecified atom stereocenters. The van der Waals surface area contributed by atoms with Crippen LogP contribution in [-0.4, -0.2) is 40.5 Å². The summed E-state index contributed by atoms with van der Waals surface area (Å²) >= 11 is 0. The number of hydrogen-bond donors (Lipinski definition) is 2. The molecule has 1 aliphatic rings. The van der Waals surface area contributed by atoms with E-state index in [-0.39, 0.29) is 24.1 Å². The average Bonchev–Trinajstić information content (AvgIpc) is 2.96. The highest BCUT2D eigenvalue weighted by Crippen LogP contribution is 2.27. The normalized spacial score (nSPS) is 12.9. The molecule has 1 aliphatic heterocycles. The summed E-state index contributed by atoms with van der Waals surface area (Å²) in [5.41, 5.74) is 2.92. The van der Waals surface area contributed by atoms with Crippen molar-refractivity contribution in [3.05, 3.63) is 52.2 Å². The van der Waals surface area contributed by atoms with Crippen molar-refractivity contribution in [2.75, 3.05) is 13.7 Å². The maximum Gasteiger partial charge on any atom is 0.256 e. The molecule has 3 rings (SSSR count). The van der Waals surface area contributed by atoms with Crippen LogP contribution < -0.4 is 10.1 Å². The van der Waals surface area contributed by atoms with E-state index < -0.39 is 0 Å². The number of ether oxygens (including phenoxy) is 1. The number of carbonyl (C=O) groups is 2. The predicted molar refractivity (Wildman–Crippen MR) is 95.2 cm³/mol. The number of pyridine rings is 1. The van der Waals surface area contributed by atoms with Crippen LogP contribution in [0, 0.1) is 6.92 Å². The first-order valence-corrected chi connectivity index (χ1v) is 8.38. The zero-order chi connectivity index (χ0) is 18.8. The summed E-state index contributed by atoms with van der Waals surface area (Å²) in [4.78, 5) is 30.8. The molecular weight excluding hydrogens is 334 g/mol. The molecule has 0 spiro atoms. The summed E-state index contributed by atoms with van der Waals surface area (Å²) in [6.45, 7) is 4.92. The van der Waals surface area contributed by atoms with Crippen molar-refractivity contribution in [1.29, 1.82) is 0 Å². The number of nitrogens with zero attached hydrogens (tertiary/aromatic N) is 2. The molecule has 136 valence electrons. The second kappa shape index (κ2) is 7.03. The number of rotatable bonds is 5. The number of amides is 2. The fourth-order valence-corrected chi connectivity index (χ4v) is 2.89. The first kappa shape index (κ1) is 17.7. The fraction of sp³-hybridized carbons (Fsp3) is 0.316. The lowest BCUT2D eigenvalue weighted by molar-refractivity contribution is 0.0786. The van der Waals surface area contributed by atoms with Gasteiger partial charge in [0.15, 0.2) is 0 Å². The van der Waals surface area contributed by atoms with Gasteiger partial charge in [-0.2, -0.15) is 0 Å². The van der Waals surface area contributed by atoms with Crippen LogP contribution >= 0.6 is 0 Å².